The SMILES string of the molecule is COc1cc(C(N)C2CC2)ncn1. The summed E-state index contributed by atoms with van der Waals surface area (Å²) in [6, 6.07) is 1.86. The van der Waals surface area contributed by atoms with E-state index in [9.17, 15) is 0 Å². The maximum absolute atomic E-state index is 5.98. The molecule has 0 bridgehead atoms. The number of nitrogens with zero attached hydrogens (tertiary/aromatic N) is 2. The van der Waals surface area contributed by atoms with E-state index in [1.165, 1.54) is 19.2 Å². The molecule has 13 heavy (non-hydrogen) atoms. The summed E-state index contributed by atoms with van der Waals surface area (Å²) in [5, 5.41) is 0. The van der Waals surface area contributed by atoms with Crippen LogP contribution in [0.15, 0.2) is 12.4 Å². The number of ether oxygens (including phenoxy) is 1. The summed E-state index contributed by atoms with van der Waals surface area (Å²) in [4.78, 5) is 8.06. The van der Waals surface area contributed by atoms with Gasteiger partial charge in [-0.15, -0.1) is 0 Å². The highest BCUT2D eigenvalue weighted by Crippen LogP contribution is 2.38. The molecule has 2 rings (SSSR count). The number of hydrogen-bond donors (Lipinski definition) is 1. The third-order valence-corrected chi connectivity index (χ3v) is 2.34. The van der Waals surface area contributed by atoms with Crippen molar-refractivity contribution in [1.82, 2.24) is 9.97 Å². The van der Waals surface area contributed by atoms with Crippen molar-refractivity contribution in [3.05, 3.63) is 18.1 Å². The highest BCUT2D eigenvalue weighted by molar-refractivity contribution is 5.17. The van der Waals surface area contributed by atoms with Crippen LogP contribution in [0.5, 0.6) is 5.88 Å². The van der Waals surface area contributed by atoms with Crippen LogP contribution in [0.2, 0.25) is 0 Å². The molecule has 0 spiro atoms. The summed E-state index contributed by atoms with van der Waals surface area (Å²) in [5.41, 5.74) is 6.86. The van der Waals surface area contributed by atoms with Gasteiger partial charge in [0.1, 0.15) is 6.33 Å². The number of nitrogens with two attached hydrogens (primary N) is 1. The van der Waals surface area contributed by atoms with Crippen LogP contribution in [0.3, 0.4) is 0 Å². The van der Waals surface area contributed by atoms with E-state index in [4.69, 9.17) is 10.5 Å². The minimum atomic E-state index is 0.0527. The van der Waals surface area contributed by atoms with Gasteiger partial charge in [0.05, 0.1) is 18.8 Å². The van der Waals surface area contributed by atoms with Gasteiger partial charge in [0.25, 0.3) is 0 Å². The molecule has 2 N–H and O–H groups in total. The van der Waals surface area contributed by atoms with Gasteiger partial charge in [-0.2, -0.15) is 0 Å². The Morgan fingerprint density at radius 2 is 2.31 bits per heavy atom. The summed E-state index contributed by atoms with van der Waals surface area (Å²) in [5.74, 6) is 1.20. The van der Waals surface area contributed by atoms with Gasteiger partial charge in [-0.25, -0.2) is 9.97 Å². The van der Waals surface area contributed by atoms with E-state index in [1.807, 2.05) is 6.07 Å². The van der Waals surface area contributed by atoms with Crippen molar-refractivity contribution in [2.24, 2.45) is 11.7 Å². The van der Waals surface area contributed by atoms with E-state index in [0.29, 0.717) is 11.8 Å². The Bertz CT molecular complexity index is 299. The molecular weight excluding hydrogens is 166 g/mol. The fourth-order valence-corrected chi connectivity index (χ4v) is 1.34. The van der Waals surface area contributed by atoms with Crippen molar-refractivity contribution in [1.29, 1.82) is 0 Å². The molecule has 1 aromatic heterocycles. The lowest BCUT2D eigenvalue weighted by atomic mass is 10.1. The Labute approximate surface area is 77.1 Å². The van der Waals surface area contributed by atoms with Crippen molar-refractivity contribution >= 4 is 0 Å². The molecule has 0 amide bonds. The second kappa shape index (κ2) is 3.30. The monoisotopic (exact) mass is 179 g/mol. The average Bonchev–Trinajstić information content (AvgIpc) is 3.00. The second-order valence-corrected chi connectivity index (χ2v) is 3.35. The van der Waals surface area contributed by atoms with Gasteiger partial charge >= 0.3 is 0 Å². The lowest BCUT2D eigenvalue weighted by molar-refractivity contribution is 0.394. The number of aromatic nitrogens is 2. The number of rotatable bonds is 3. The van der Waals surface area contributed by atoms with Crippen LogP contribution in [0.4, 0.5) is 0 Å². The average molecular weight is 179 g/mol. The van der Waals surface area contributed by atoms with Crippen molar-refractivity contribution < 1.29 is 4.74 Å². The maximum Gasteiger partial charge on any atom is 0.216 e. The van der Waals surface area contributed by atoms with Crippen molar-refractivity contribution in [3.8, 4) is 5.88 Å². The van der Waals surface area contributed by atoms with Gasteiger partial charge in [-0.1, -0.05) is 0 Å². The lowest BCUT2D eigenvalue weighted by Crippen LogP contribution is -2.14. The van der Waals surface area contributed by atoms with Crippen molar-refractivity contribution in [2.75, 3.05) is 7.11 Å². The van der Waals surface area contributed by atoms with E-state index in [-0.39, 0.29) is 6.04 Å². The summed E-state index contributed by atoms with van der Waals surface area (Å²) in [6.45, 7) is 0. The topological polar surface area (TPSA) is 61.0 Å². The molecular formula is C9H13N3O. The molecule has 1 fully saturated rings. The predicted molar refractivity (Wildman–Crippen MR) is 48.2 cm³/mol. The minimum absolute atomic E-state index is 0.0527. The summed E-state index contributed by atoms with van der Waals surface area (Å²) >= 11 is 0. The smallest absolute Gasteiger partial charge is 0.216 e. The molecule has 1 saturated carbocycles. The zero-order chi connectivity index (χ0) is 9.26. The van der Waals surface area contributed by atoms with Crippen LogP contribution in [0.25, 0.3) is 0 Å². The van der Waals surface area contributed by atoms with Crippen molar-refractivity contribution in [2.45, 2.75) is 18.9 Å². The fraction of sp³-hybridized carbons (Fsp3) is 0.556. The fourth-order valence-electron chi connectivity index (χ4n) is 1.34. The zero-order valence-corrected chi connectivity index (χ0v) is 7.60. The Kier molecular flexibility index (Phi) is 2.14. The van der Waals surface area contributed by atoms with Crippen LogP contribution in [0.1, 0.15) is 24.6 Å². The van der Waals surface area contributed by atoms with E-state index in [1.54, 1.807) is 7.11 Å². The summed E-state index contributed by atoms with van der Waals surface area (Å²) < 4.78 is 5.00. The van der Waals surface area contributed by atoms with E-state index >= 15 is 0 Å². The first-order valence-corrected chi connectivity index (χ1v) is 4.43. The van der Waals surface area contributed by atoms with Crippen LogP contribution >= 0.6 is 0 Å². The van der Waals surface area contributed by atoms with Crippen LogP contribution in [0, 0.1) is 5.92 Å². The largest absolute Gasteiger partial charge is 0.481 e. The molecule has 0 aliphatic heterocycles. The maximum atomic E-state index is 5.98. The molecule has 1 atom stereocenters. The molecule has 1 aliphatic rings. The minimum Gasteiger partial charge on any atom is -0.481 e. The third-order valence-electron chi connectivity index (χ3n) is 2.34. The highest BCUT2D eigenvalue weighted by Gasteiger charge is 2.30. The van der Waals surface area contributed by atoms with E-state index < -0.39 is 0 Å². The van der Waals surface area contributed by atoms with Gasteiger partial charge in [0.15, 0.2) is 0 Å². The van der Waals surface area contributed by atoms with Crippen LogP contribution < -0.4 is 10.5 Å². The second-order valence-electron chi connectivity index (χ2n) is 3.35. The molecule has 1 heterocycles. The molecule has 1 unspecified atom stereocenters. The molecule has 70 valence electrons. The third kappa shape index (κ3) is 1.78. The van der Waals surface area contributed by atoms with Crippen LogP contribution in [-0.4, -0.2) is 17.1 Å². The predicted octanol–water partition coefficient (Wildman–Crippen LogP) is 0.895. The normalized spacial score (nSPS) is 18.3. The molecule has 4 heteroatoms. The van der Waals surface area contributed by atoms with Gasteiger partial charge in [-0.3, -0.25) is 0 Å². The number of hydrogen-bond acceptors (Lipinski definition) is 4. The highest BCUT2D eigenvalue weighted by atomic mass is 16.5. The quantitative estimate of drug-likeness (QED) is 0.748. The van der Waals surface area contributed by atoms with Gasteiger partial charge < -0.3 is 10.5 Å². The standard InChI is InChI=1S/C9H13N3O/c1-13-8-4-7(11-5-12-8)9(10)6-2-3-6/h4-6,9H,2-3,10H2,1H3. The van der Waals surface area contributed by atoms with E-state index in [2.05, 4.69) is 9.97 Å². The lowest BCUT2D eigenvalue weighted by Gasteiger charge is -2.09. The molecule has 0 aromatic carbocycles. The molecule has 4 nitrogen and oxygen atoms in total. The molecule has 0 radical (unpaired) electrons. The molecule has 1 aliphatic carbocycles. The van der Waals surface area contributed by atoms with Gasteiger partial charge in [0.2, 0.25) is 5.88 Å². The first kappa shape index (κ1) is 8.44. The Balaban J connectivity index is 2.18. The Hall–Kier alpha value is -1.16. The number of methoxy groups -OCH3 is 1. The summed E-state index contributed by atoms with van der Waals surface area (Å²) in [6.07, 6.45) is 3.93. The van der Waals surface area contributed by atoms with E-state index in [0.717, 1.165) is 5.69 Å². The summed E-state index contributed by atoms with van der Waals surface area (Å²) in [7, 11) is 1.59. The van der Waals surface area contributed by atoms with Crippen LogP contribution in [-0.2, 0) is 0 Å². The van der Waals surface area contributed by atoms with Crippen molar-refractivity contribution in [3.63, 3.8) is 0 Å². The zero-order valence-electron chi connectivity index (χ0n) is 7.60. The first-order valence-electron chi connectivity index (χ1n) is 4.43. The molecule has 1 aromatic rings. The Morgan fingerprint density at radius 3 is 2.92 bits per heavy atom. The Morgan fingerprint density at radius 1 is 1.54 bits per heavy atom. The molecule has 0 saturated heterocycles. The van der Waals surface area contributed by atoms with Gasteiger partial charge in [0, 0.05) is 6.07 Å². The first-order chi connectivity index (χ1) is 6.31. The van der Waals surface area contributed by atoms with Gasteiger partial charge in [-0.05, 0) is 18.8 Å².